The van der Waals surface area contributed by atoms with Crippen LogP contribution in [0.1, 0.15) is 30.9 Å². The Bertz CT molecular complexity index is 352. The zero-order valence-electron chi connectivity index (χ0n) is 9.61. The molecule has 0 aliphatic heterocycles. The number of aryl methyl sites for hydroxylation is 1. The highest BCUT2D eigenvalue weighted by Crippen LogP contribution is 2.20. The number of hydroxylamine groups is 1. The Labute approximate surface area is 96.2 Å². The highest BCUT2D eigenvalue weighted by atomic mass is 16.5. The Morgan fingerprint density at radius 2 is 2.25 bits per heavy atom. The first kappa shape index (κ1) is 12.7. The van der Waals surface area contributed by atoms with Crippen LogP contribution in [0.2, 0.25) is 0 Å². The molecule has 88 valence electrons. The summed E-state index contributed by atoms with van der Waals surface area (Å²) in [6, 6.07) is 5.77. The molecule has 4 heteroatoms. The maximum absolute atomic E-state index is 9.44. The molecule has 4 nitrogen and oxygen atoms in total. The van der Waals surface area contributed by atoms with Gasteiger partial charge in [-0.1, -0.05) is 25.5 Å². The van der Waals surface area contributed by atoms with Crippen LogP contribution in [0, 0.1) is 5.41 Å². The second-order valence-electron chi connectivity index (χ2n) is 3.74. The summed E-state index contributed by atoms with van der Waals surface area (Å²) < 4.78 is 0. The summed E-state index contributed by atoms with van der Waals surface area (Å²) in [6.07, 6.45) is 4.20. The van der Waals surface area contributed by atoms with Crippen molar-refractivity contribution in [1.29, 1.82) is 5.41 Å². The van der Waals surface area contributed by atoms with E-state index in [2.05, 4.69) is 6.92 Å². The fraction of sp³-hybridized carbons (Fsp3) is 0.417. The summed E-state index contributed by atoms with van der Waals surface area (Å²) in [4.78, 5) is 0. The fourth-order valence-corrected chi connectivity index (χ4v) is 1.63. The van der Waals surface area contributed by atoms with Crippen LogP contribution in [-0.2, 0) is 13.0 Å². The van der Waals surface area contributed by atoms with Gasteiger partial charge in [0.2, 0.25) is 0 Å². The Morgan fingerprint density at radius 3 is 2.81 bits per heavy atom. The lowest BCUT2D eigenvalue weighted by atomic mass is 10.0. The third kappa shape index (κ3) is 3.05. The van der Waals surface area contributed by atoms with Gasteiger partial charge in [0.25, 0.3) is 0 Å². The standard InChI is InChI=1S/C12H19N3O/c1-2-3-4-10-5-6-12(15(16)9-14)11(7-10)8-13/h5-7,9,14,16H,2-4,8,13H2,1H3. The van der Waals surface area contributed by atoms with Gasteiger partial charge in [0, 0.05) is 6.54 Å². The first-order chi connectivity index (χ1) is 7.72. The highest BCUT2D eigenvalue weighted by molar-refractivity contribution is 5.75. The molecule has 1 aromatic carbocycles. The van der Waals surface area contributed by atoms with Crippen molar-refractivity contribution in [2.75, 3.05) is 5.06 Å². The molecule has 0 aromatic heterocycles. The summed E-state index contributed by atoms with van der Waals surface area (Å²) in [7, 11) is 0. The van der Waals surface area contributed by atoms with Crippen molar-refractivity contribution in [3.63, 3.8) is 0 Å². The van der Waals surface area contributed by atoms with E-state index in [-0.39, 0.29) is 0 Å². The van der Waals surface area contributed by atoms with Gasteiger partial charge in [-0.05, 0) is 30.0 Å². The van der Waals surface area contributed by atoms with E-state index in [1.54, 1.807) is 6.07 Å². The van der Waals surface area contributed by atoms with Gasteiger partial charge in [0.1, 0.15) is 6.34 Å². The van der Waals surface area contributed by atoms with Crippen molar-refractivity contribution in [2.24, 2.45) is 5.73 Å². The summed E-state index contributed by atoms with van der Waals surface area (Å²) in [5.74, 6) is 0. The molecular weight excluding hydrogens is 202 g/mol. The molecular formula is C12H19N3O. The minimum atomic E-state index is 0.361. The predicted molar refractivity (Wildman–Crippen MR) is 66.0 cm³/mol. The predicted octanol–water partition coefficient (Wildman–Crippen LogP) is 2.29. The molecule has 16 heavy (non-hydrogen) atoms. The van der Waals surface area contributed by atoms with Crippen LogP contribution < -0.4 is 10.8 Å². The molecule has 0 radical (unpaired) electrons. The molecule has 0 bridgehead atoms. The van der Waals surface area contributed by atoms with E-state index in [1.165, 1.54) is 5.56 Å². The SMILES string of the molecule is CCCCc1ccc(N(O)C=N)c(CN)c1. The molecule has 0 aliphatic rings. The van der Waals surface area contributed by atoms with Gasteiger partial charge in [-0.2, -0.15) is 0 Å². The van der Waals surface area contributed by atoms with Crippen LogP contribution >= 0.6 is 0 Å². The van der Waals surface area contributed by atoms with Crippen LogP contribution in [0.4, 0.5) is 5.69 Å². The van der Waals surface area contributed by atoms with Crippen LogP contribution in [0.5, 0.6) is 0 Å². The molecule has 0 spiro atoms. The molecule has 0 heterocycles. The maximum atomic E-state index is 9.44. The quantitative estimate of drug-likeness (QED) is 0.392. The molecule has 0 saturated carbocycles. The monoisotopic (exact) mass is 221 g/mol. The van der Waals surface area contributed by atoms with Gasteiger partial charge < -0.3 is 5.73 Å². The molecule has 1 rings (SSSR count). The summed E-state index contributed by atoms with van der Waals surface area (Å²) >= 11 is 0. The van der Waals surface area contributed by atoms with Crippen molar-refractivity contribution < 1.29 is 5.21 Å². The molecule has 4 N–H and O–H groups in total. The van der Waals surface area contributed by atoms with Crippen LogP contribution in [0.25, 0.3) is 0 Å². The zero-order valence-corrected chi connectivity index (χ0v) is 9.61. The first-order valence-corrected chi connectivity index (χ1v) is 5.53. The van der Waals surface area contributed by atoms with E-state index >= 15 is 0 Å². The summed E-state index contributed by atoms with van der Waals surface area (Å²) in [6.45, 7) is 2.52. The molecule has 1 aromatic rings. The fourth-order valence-electron chi connectivity index (χ4n) is 1.63. The van der Waals surface area contributed by atoms with Gasteiger partial charge in [-0.15, -0.1) is 0 Å². The van der Waals surface area contributed by atoms with Crippen molar-refractivity contribution in [3.8, 4) is 0 Å². The number of benzene rings is 1. The van der Waals surface area contributed by atoms with E-state index in [4.69, 9.17) is 11.1 Å². The van der Waals surface area contributed by atoms with Crippen molar-refractivity contribution >= 4 is 12.0 Å². The van der Waals surface area contributed by atoms with Gasteiger partial charge >= 0.3 is 0 Å². The van der Waals surface area contributed by atoms with Crippen molar-refractivity contribution in [1.82, 2.24) is 0 Å². The van der Waals surface area contributed by atoms with E-state index in [9.17, 15) is 5.21 Å². The summed E-state index contributed by atoms with van der Waals surface area (Å²) in [5.41, 5.74) is 8.30. The molecule has 0 atom stereocenters. The Balaban J connectivity index is 2.92. The Morgan fingerprint density at radius 1 is 1.50 bits per heavy atom. The van der Waals surface area contributed by atoms with Crippen molar-refractivity contribution in [3.05, 3.63) is 29.3 Å². The first-order valence-electron chi connectivity index (χ1n) is 5.53. The number of anilines is 1. The van der Waals surface area contributed by atoms with Gasteiger partial charge in [0.05, 0.1) is 5.69 Å². The summed E-state index contributed by atoms with van der Waals surface area (Å²) in [5, 5.41) is 17.2. The van der Waals surface area contributed by atoms with Crippen molar-refractivity contribution in [2.45, 2.75) is 32.7 Å². The average Bonchev–Trinajstić information content (AvgIpc) is 2.34. The Hall–Kier alpha value is -1.39. The van der Waals surface area contributed by atoms with Crippen LogP contribution in [0.15, 0.2) is 18.2 Å². The number of hydrogen-bond donors (Lipinski definition) is 3. The van der Waals surface area contributed by atoms with E-state index < -0.39 is 0 Å². The number of nitrogens with two attached hydrogens (primary N) is 1. The van der Waals surface area contributed by atoms with E-state index in [0.717, 1.165) is 36.2 Å². The third-order valence-electron chi connectivity index (χ3n) is 2.55. The zero-order chi connectivity index (χ0) is 12.0. The van der Waals surface area contributed by atoms with Gasteiger partial charge in [0.15, 0.2) is 0 Å². The second kappa shape index (κ2) is 6.25. The number of rotatable bonds is 6. The lowest BCUT2D eigenvalue weighted by Crippen LogP contribution is -2.17. The number of hydrogen-bond acceptors (Lipinski definition) is 3. The van der Waals surface area contributed by atoms with E-state index in [0.29, 0.717) is 12.2 Å². The van der Waals surface area contributed by atoms with Crippen LogP contribution in [0.3, 0.4) is 0 Å². The smallest absolute Gasteiger partial charge is 0.113 e. The highest BCUT2D eigenvalue weighted by Gasteiger charge is 2.07. The van der Waals surface area contributed by atoms with Crippen LogP contribution in [-0.4, -0.2) is 11.5 Å². The number of nitrogens with zero attached hydrogens (tertiary/aromatic N) is 1. The maximum Gasteiger partial charge on any atom is 0.113 e. The second-order valence-corrected chi connectivity index (χ2v) is 3.74. The average molecular weight is 221 g/mol. The molecule has 0 unspecified atom stereocenters. The van der Waals surface area contributed by atoms with Gasteiger partial charge in [-0.25, -0.2) is 5.06 Å². The largest absolute Gasteiger partial charge is 0.326 e. The topological polar surface area (TPSA) is 73.3 Å². The molecule has 0 fully saturated rings. The minimum Gasteiger partial charge on any atom is -0.326 e. The molecule has 0 amide bonds. The lowest BCUT2D eigenvalue weighted by Gasteiger charge is -2.15. The molecule has 0 saturated heterocycles. The number of nitrogens with one attached hydrogen (secondary N) is 1. The van der Waals surface area contributed by atoms with E-state index in [1.807, 2.05) is 12.1 Å². The lowest BCUT2D eigenvalue weighted by molar-refractivity contribution is 0.315. The normalized spacial score (nSPS) is 10.2. The van der Waals surface area contributed by atoms with Gasteiger partial charge in [-0.3, -0.25) is 10.6 Å². The molecule has 0 aliphatic carbocycles. The Kier molecular flexibility index (Phi) is 4.95. The number of unbranched alkanes of at least 4 members (excludes halogenated alkanes) is 1. The minimum absolute atomic E-state index is 0.361. The third-order valence-corrected chi connectivity index (χ3v) is 2.55.